The molecule has 0 aromatic heterocycles. The van der Waals surface area contributed by atoms with Crippen molar-refractivity contribution in [1.82, 2.24) is 15.8 Å². The molecule has 1 unspecified atom stereocenters. The zero-order valence-corrected chi connectivity index (χ0v) is 16.0. The molecule has 150 valence electrons. The molecule has 10 heteroatoms. The fourth-order valence-corrected chi connectivity index (χ4v) is 5.25. The van der Waals surface area contributed by atoms with Crippen LogP contribution in [0.5, 0.6) is 0 Å². The van der Waals surface area contributed by atoms with Gasteiger partial charge in [-0.15, -0.1) is 0 Å². The van der Waals surface area contributed by atoms with Crippen molar-refractivity contribution in [2.75, 3.05) is 18.1 Å². The van der Waals surface area contributed by atoms with Gasteiger partial charge in [-0.3, -0.25) is 34.9 Å². The second kappa shape index (κ2) is 8.09. The SMILES string of the molecule is O=C(CCCN1C(=O)c2ccccc2C1=O)NNC(=O)CC1CCS(=O)(=O)C1. The van der Waals surface area contributed by atoms with Crippen LogP contribution in [0.25, 0.3) is 0 Å². The monoisotopic (exact) mass is 407 g/mol. The van der Waals surface area contributed by atoms with Gasteiger partial charge in [0.1, 0.15) is 0 Å². The van der Waals surface area contributed by atoms with E-state index in [1.165, 1.54) is 0 Å². The van der Waals surface area contributed by atoms with E-state index in [9.17, 15) is 27.6 Å². The normalized spacial score (nSPS) is 20.1. The summed E-state index contributed by atoms with van der Waals surface area (Å²) in [5.41, 5.74) is 5.25. The highest BCUT2D eigenvalue weighted by Gasteiger charge is 2.34. The summed E-state index contributed by atoms with van der Waals surface area (Å²) in [6, 6.07) is 6.55. The van der Waals surface area contributed by atoms with Crippen molar-refractivity contribution in [2.45, 2.75) is 25.7 Å². The third-order valence-corrected chi connectivity index (χ3v) is 6.64. The van der Waals surface area contributed by atoms with Crippen LogP contribution in [0.1, 0.15) is 46.4 Å². The van der Waals surface area contributed by atoms with Crippen LogP contribution >= 0.6 is 0 Å². The third-order valence-electron chi connectivity index (χ3n) is 4.81. The van der Waals surface area contributed by atoms with Crippen molar-refractivity contribution < 1.29 is 27.6 Å². The highest BCUT2D eigenvalue weighted by molar-refractivity contribution is 7.91. The Labute approximate surface area is 162 Å². The second-order valence-electron chi connectivity index (χ2n) is 6.98. The molecule has 2 N–H and O–H groups in total. The Balaban J connectivity index is 1.37. The molecule has 1 fully saturated rings. The number of benzene rings is 1. The van der Waals surface area contributed by atoms with Crippen molar-refractivity contribution in [1.29, 1.82) is 0 Å². The van der Waals surface area contributed by atoms with Crippen LogP contribution < -0.4 is 10.9 Å². The molecule has 28 heavy (non-hydrogen) atoms. The first kappa shape index (κ1) is 20.0. The number of amides is 4. The molecule has 3 rings (SSSR count). The number of carbonyl (C=O) groups excluding carboxylic acids is 4. The number of carbonyl (C=O) groups is 4. The lowest BCUT2D eigenvalue weighted by Gasteiger charge is -2.14. The standard InChI is InChI=1S/C18H21N3O6S/c22-15(19-20-16(23)10-12-7-9-28(26,27)11-12)6-3-8-21-17(24)13-4-1-2-5-14(13)18(21)25/h1-2,4-5,12H,3,6-11H2,(H,19,22)(H,20,23). The van der Waals surface area contributed by atoms with E-state index in [0.717, 1.165) is 4.90 Å². The van der Waals surface area contributed by atoms with Crippen molar-refractivity contribution in [3.63, 3.8) is 0 Å². The van der Waals surface area contributed by atoms with Crippen LogP contribution in [0.2, 0.25) is 0 Å². The zero-order chi connectivity index (χ0) is 20.3. The minimum atomic E-state index is -3.05. The van der Waals surface area contributed by atoms with E-state index >= 15 is 0 Å². The maximum atomic E-state index is 12.2. The summed E-state index contributed by atoms with van der Waals surface area (Å²) in [7, 11) is -3.05. The molecule has 0 radical (unpaired) electrons. The highest BCUT2D eigenvalue weighted by Crippen LogP contribution is 2.23. The van der Waals surface area contributed by atoms with Gasteiger partial charge in [-0.1, -0.05) is 12.1 Å². The minimum Gasteiger partial charge on any atom is -0.274 e. The predicted octanol–water partition coefficient (Wildman–Crippen LogP) is 0.0350. The van der Waals surface area contributed by atoms with Gasteiger partial charge >= 0.3 is 0 Å². The molecule has 0 spiro atoms. The largest absolute Gasteiger partial charge is 0.274 e. The van der Waals surface area contributed by atoms with Crippen LogP contribution in [-0.2, 0) is 19.4 Å². The van der Waals surface area contributed by atoms with Crippen LogP contribution in [0.4, 0.5) is 0 Å². The Kier molecular flexibility index (Phi) is 5.78. The highest BCUT2D eigenvalue weighted by atomic mass is 32.2. The third kappa shape index (κ3) is 4.56. The first-order valence-corrected chi connectivity index (χ1v) is 10.8. The predicted molar refractivity (Wildman–Crippen MR) is 98.7 cm³/mol. The molecule has 4 amide bonds. The van der Waals surface area contributed by atoms with E-state index in [2.05, 4.69) is 10.9 Å². The molecule has 1 saturated heterocycles. The van der Waals surface area contributed by atoms with Gasteiger partial charge in [0.25, 0.3) is 11.8 Å². The Morgan fingerprint density at radius 2 is 1.64 bits per heavy atom. The molecular weight excluding hydrogens is 386 g/mol. The van der Waals surface area contributed by atoms with Gasteiger partial charge in [-0.05, 0) is 30.9 Å². The van der Waals surface area contributed by atoms with E-state index in [0.29, 0.717) is 17.5 Å². The smallest absolute Gasteiger partial charge is 0.261 e. The van der Waals surface area contributed by atoms with E-state index in [4.69, 9.17) is 0 Å². The molecule has 2 aliphatic heterocycles. The number of nitrogens with one attached hydrogen (secondary N) is 2. The van der Waals surface area contributed by atoms with Crippen molar-refractivity contribution in [3.05, 3.63) is 35.4 Å². The average Bonchev–Trinajstić information content (AvgIpc) is 3.11. The summed E-state index contributed by atoms with van der Waals surface area (Å²) < 4.78 is 22.8. The molecule has 2 aliphatic rings. The van der Waals surface area contributed by atoms with Crippen LogP contribution in [0.3, 0.4) is 0 Å². The molecule has 0 saturated carbocycles. The number of imide groups is 1. The van der Waals surface area contributed by atoms with Crippen LogP contribution in [0, 0.1) is 5.92 Å². The number of fused-ring (bicyclic) bond motifs is 1. The fourth-order valence-electron chi connectivity index (χ4n) is 3.39. The molecule has 0 aliphatic carbocycles. The quantitative estimate of drug-likeness (QED) is 0.506. The number of nitrogens with zero attached hydrogens (tertiary/aromatic N) is 1. The van der Waals surface area contributed by atoms with E-state index in [-0.39, 0.29) is 55.0 Å². The van der Waals surface area contributed by atoms with Crippen molar-refractivity contribution >= 4 is 33.5 Å². The number of hydrazine groups is 1. The van der Waals surface area contributed by atoms with Gasteiger partial charge in [-0.25, -0.2) is 8.42 Å². The van der Waals surface area contributed by atoms with Gasteiger partial charge < -0.3 is 0 Å². The number of sulfone groups is 1. The van der Waals surface area contributed by atoms with E-state index in [1.807, 2.05) is 0 Å². The summed E-state index contributed by atoms with van der Waals surface area (Å²) >= 11 is 0. The van der Waals surface area contributed by atoms with E-state index in [1.54, 1.807) is 24.3 Å². The first-order chi connectivity index (χ1) is 13.3. The Morgan fingerprint density at radius 3 is 2.21 bits per heavy atom. The molecule has 1 atom stereocenters. The fraction of sp³-hybridized carbons (Fsp3) is 0.444. The molecule has 1 aromatic carbocycles. The number of rotatable bonds is 6. The van der Waals surface area contributed by atoms with Crippen molar-refractivity contribution in [2.24, 2.45) is 5.92 Å². The lowest BCUT2D eigenvalue weighted by atomic mass is 10.1. The summed E-state index contributed by atoms with van der Waals surface area (Å²) in [6.07, 6.45) is 0.762. The topological polar surface area (TPSA) is 130 Å². The molecule has 0 bridgehead atoms. The lowest BCUT2D eigenvalue weighted by Crippen LogP contribution is -2.42. The summed E-state index contributed by atoms with van der Waals surface area (Å²) in [5, 5.41) is 0. The molecule has 1 aromatic rings. The molecular formula is C18H21N3O6S. The summed E-state index contributed by atoms with van der Waals surface area (Å²) in [5.74, 6) is -1.79. The summed E-state index contributed by atoms with van der Waals surface area (Å²) in [6.45, 7) is 0.105. The number of hydrogen-bond donors (Lipinski definition) is 2. The number of hydrogen-bond acceptors (Lipinski definition) is 6. The zero-order valence-electron chi connectivity index (χ0n) is 15.1. The van der Waals surface area contributed by atoms with Crippen LogP contribution in [-0.4, -0.2) is 55.0 Å². The minimum absolute atomic E-state index is 0.00531. The van der Waals surface area contributed by atoms with E-state index < -0.39 is 21.7 Å². The van der Waals surface area contributed by atoms with Gasteiger partial charge in [0, 0.05) is 19.4 Å². The Bertz CT molecular complexity index is 892. The lowest BCUT2D eigenvalue weighted by molar-refractivity contribution is -0.129. The Hall–Kier alpha value is -2.75. The summed E-state index contributed by atoms with van der Waals surface area (Å²) in [4.78, 5) is 49.2. The van der Waals surface area contributed by atoms with Gasteiger partial charge in [0.05, 0.1) is 22.6 Å². The maximum absolute atomic E-state index is 12.2. The first-order valence-electron chi connectivity index (χ1n) is 9.00. The van der Waals surface area contributed by atoms with Gasteiger partial charge in [-0.2, -0.15) is 0 Å². The second-order valence-corrected chi connectivity index (χ2v) is 9.21. The average molecular weight is 407 g/mol. The van der Waals surface area contributed by atoms with Gasteiger partial charge in [0.15, 0.2) is 9.84 Å². The van der Waals surface area contributed by atoms with Crippen LogP contribution in [0.15, 0.2) is 24.3 Å². The Morgan fingerprint density at radius 1 is 1.04 bits per heavy atom. The molecule has 2 heterocycles. The maximum Gasteiger partial charge on any atom is 0.261 e. The molecule has 9 nitrogen and oxygen atoms in total. The van der Waals surface area contributed by atoms with Gasteiger partial charge in [0.2, 0.25) is 11.8 Å². The van der Waals surface area contributed by atoms with Crippen molar-refractivity contribution in [3.8, 4) is 0 Å².